The van der Waals surface area contributed by atoms with Crippen LogP contribution in [0.15, 0.2) is 168 Å². The van der Waals surface area contributed by atoms with E-state index in [1.807, 2.05) is 0 Å². The molecule has 0 saturated heterocycles. The van der Waals surface area contributed by atoms with Gasteiger partial charge in [-0.25, -0.2) is 0 Å². The summed E-state index contributed by atoms with van der Waals surface area (Å²) in [4.78, 5) is 0. The maximum absolute atomic E-state index is 6.85. The zero-order valence-electron chi connectivity index (χ0n) is 33.0. The van der Waals surface area contributed by atoms with Crippen molar-refractivity contribution in [2.75, 3.05) is 0 Å². The molecule has 0 N–H and O–H groups in total. The van der Waals surface area contributed by atoms with E-state index in [1.165, 1.54) is 104 Å². The molecule has 0 fully saturated rings. The van der Waals surface area contributed by atoms with Crippen LogP contribution in [-0.4, -0.2) is 39.2 Å². The number of furan rings is 1. The number of benzene rings is 9. The maximum Gasteiger partial charge on any atom is 0.143 e. The second-order valence-corrected chi connectivity index (χ2v) is 16.0. The molecule has 1 heterocycles. The predicted octanol–water partition coefficient (Wildman–Crippen LogP) is 4.88. The molecule has 262 valence electrons. The van der Waals surface area contributed by atoms with E-state index < -0.39 is 5.41 Å². The van der Waals surface area contributed by atoms with Gasteiger partial charge < -0.3 is 4.42 Å². The van der Waals surface area contributed by atoms with Gasteiger partial charge in [-0.05, 0) is 77.7 Å². The van der Waals surface area contributed by atoms with E-state index in [0.717, 1.165) is 22.3 Å². The zero-order chi connectivity index (χ0) is 38.6. The molecule has 0 bridgehead atoms. The lowest BCUT2D eigenvalue weighted by Gasteiger charge is -2.34. The standard InChI is InChI=1S/C51H37B5O/c52-45-44(46(53)48(55)49(56)47(45)54)41-35-18-9-7-16-33(35)40(34-17-8-10-19-36(34)41)29-24-22-28(23-25-29)32-26-27-38-43-42-37(20-11-21-39(42)57-50(32)43)51(38,30-12-3-1-4-13-30)31-14-5-2-6-15-31/h1-27H,52-56H2. The van der Waals surface area contributed by atoms with Gasteiger partial charge in [-0.1, -0.05) is 169 Å². The monoisotopic (exact) mass is 720 g/mol. The van der Waals surface area contributed by atoms with Crippen molar-refractivity contribution in [1.29, 1.82) is 0 Å². The Kier molecular flexibility index (Phi) is 7.48. The normalized spacial score (nSPS) is 13.1. The minimum absolute atomic E-state index is 0.439. The van der Waals surface area contributed by atoms with Crippen LogP contribution in [0.25, 0.3) is 76.9 Å². The zero-order valence-corrected chi connectivity index (χ0v) is 33.0. The number of fused-ring (bicyclic) bond motifs is 2. The lowest BCUT2D eigenvalue weighted by atomic mass is 9.59. The highest BCUT2D eigenvalue weighted by atomic mass is 16.3. The lowest BCUT2D eigenvalue weighted by molar-refractivity contribution is 0.664. The van der Waals surface area contributed by atoms with Gasteiger partial charge >= 0.3 is 0 Å². The van der Waals surface area contributed by atoms with Crippen molar-refractivity contribution >= 4 is 110 Å². The van der Waals surface area contributed by atoms with Crippen LogP contribution in [0.5, 0.6) is 0 Å². The van der Waals surface area contributed by atoms with Gasteiger partial charge in [0.1, 0.15) is 50.4 Å². The van der Waals surface area contributed by atoms with E-state index >= 15 is 0 Å². The average Bonchev–Trinajstić information content (AvgIpc) is 3.81. The molecule has 0 amide bonds. The summed E-state index contributed by atoms with van der Waals surface area (Å²) in [6.07, 6.45) is 0. The van der Waals surface area contributed by atoms with E-state index in [4.69, 9.17) is 4.42 Å². The second kappa shape index (κ2) is 12.6. The van der Waals surface area contributed by atoms with Gasteiger partial charge in [-0.3, -0.25) is 0 Å². The average molecular weight is 720 g/mol. The number of rotatable bonds is 5. The van der Waals surface area contributed by atoms with Crippen molar-refractivity contribution in [2.45, 2.75) is 5.41 Å². The highest BCUT2D eigenvalue weighted by Gasteiger charge is 2.46. The molecule has 0 saturated carbocycles. The molecule has 10 aromatic rings. The van der Waals surface area contributed by atoms with E-state index in [2.05, 4.69) is 203 Å². The lowest BCUT2D eigenvalue weighted by Crippen LogP contribution is -2.55. The molecule has 57 heavy (non-hydrogen) atoms. The second-order valence-electron chi connectivity index (χ2n) is 16.0. The Morgan fingerprint density at radius 3 is 1.39 bits per heavy atom. The van der Waals surface area contributed by atoms with Crippen molar-refractivity contribution in [1.82, 2.24) is 0 Å². The number of hydrogen-bond acceptors (Lipinski definition) is 1. The fourth-order valence-electron chi connectivity index (χ4n) is 10.5. The van der Waals surface area contributed by atoms with Crippen molar-refractivity contribution in [3.05, 3.63) is 186 Å². The molecule has 0 spiro atoms. The highest BCUT2D eigenvalue weighted by Crippen LogP contribution is 2.58. The summed E-state index contributed by atoms with van der Waals surface area (Å²) in [7, 11) is 11.4. The van der Waals surface area contributed by atoms with Gasteiger partial charge in [0.25, 0.3) is 0 Å². The summed E-state index contributed by atoms with van der Waals surface area (Å²) in [5.41, 5.74) is 20.9. The molecule has 1 aliphatic carbocycles. The third kappa shape index (κ3) is 4.59. The molecular formula is C51H37B5O. The van der Waals surface area contributed by atoms with Crippen LogP contribution in [0.1, 0.15) is 22.3 Å². The van der Waals surface area contributed by atoms with Crippen LogP contribution in [0.3, 0.4) is 0 Å². The Labute approximate surface area is 337 Å². The van der Waals surface area contributed by atoms with E-state index in [-0.39, 0.29) is 0 Å². The molecule has 0 atom stereocenters. The summed E-state index contributed by atoms with van der Waals surface area (Å²) in [6, 6.07) is 60.4. The molecule has 6 heteroatoms. The maximum atomic E-state index is 6.85. The first-order chi connectivity index (χ1) is 27.9. The Balaban J connectivity index is 1.11. The molecular weight excluding hydrogens is 683 g/mol. The summed E-state index contributed by atoms with van der Waals surface area (Å²) >= 11 is 0. The highest BCUT2D eigenvalue weighted by molar-refractivity contribution is 6.69. The van der Waals surface area contributed by atoms with Crippen molar-refractivity contribution in [3.8, 4) is 33.4 Å². The van der Waals surface area contributed by atoms with E-state index in [0.29, 0.717) is 0 Å². The first-order valence-electron chi connectivity index (χ1n) is 20.1. The van der Waals surface area contributed by atoms with Crippen molar-refractivity contribution in [2.24, 2.45) is 0 Å². The minimum atomic E-state index is -0.439. The Bertz CT molecular complexity index is 3150. The molecule has 1 aromatic heterocycles. The fraction of sp³-hybridized carbons (Fsp3) is 0.0196. The van der Waals surface area contributed by atoms with Crippen LogP contribution in [-0.2, 0) is 5.41 Å². The SMILES string of the molecule is Bc1c(B)c(B)c(-c2c3ccccc3c(-c3ccc(-c4ccc5c6c4oc4cccc(c46)C5(c4ccccc4)c4ccccc4)cc3)c3ccccc23)c(B)c1B. The van der Waals surface area contributed by atoms with E-state index in [9.17, 15) is 0 Å². The molecule has 0 aliphatic heterocycles. The summed E-state index contributed by atoms with van der Waals surface area (Å²) in [5, 5.41) is 7.56. The summed E-state index contributed by atoms with van der Waals surface area (Å²) < 4.78 is 6.85. The molecule has 9 aromatic carbocycles. The summed E-state index contributed by atoms with van der Waals surface area (Å²) in [6.45, 7) is 0. The van der Waals surface area contributed by atoms with Crippen molar-refractivity contribution in [3.63, 3.8) is 0 Å². The smallest absolute Gasteiger partial charge is 0.143 e. The van der Waals surface area contributed by atoms with Gasteiger partial charge in [0.05, 0.1) is 5.41 Å². The van der Waals surface area contributed by atoms with Crippen LogP contribution >= 0.6 is 0 Å². The first-order valence-corrected chi connectivity index (χ1v) is 20.1. The third-order valence-corrected chi connectivity index (χ3v) is 13.5. The van der Waals surface area contributed by atoms with Crippen LogP contribution in [0.2, 0.25) is 0 Å². The number of hydrogen-bond donors (Lipinski definition) is 0. The van der Waals surface area contributed by atoms with Crippen LogP contribution in [0.4, 0.5) is 0 Å². The van der Waals surface area contributed by atoms with Gasteiger partial charge in [0.2, 0.25) is 0 Å². The Hall–Kier alpha value is -6.38. The topological polar surface area (TPSA) is 13.1 Å². The molecule has 1 nitrogen and oxygen atoms in total. The quantitative estimate of drug-likeness (QED) is 0.183. The molecule has 0 radical (unpaired) electrons. The fourth-order valence-corrected chi connectivity index (χ4v) is 10.5. The van der Waals surface area contributed by atoms with Gasteiger partial charge in [0, 0.05) is 16.3 Å². The Morgan fingerprint density at radius 2 is 0.825 bits per heavy atom. The Morgan fingerprint density at radius 1 is 0.351 bits per heavy atom. The predicted molar refractivity (Wildman–Crippen MR) is 258 cm³/mol. The van der Waals surface area contributed by atoms with Crippen LogP contribution < -0.4 is 27.3 Å². The largest absolute Gasteiger partial charge is 0.455 e. The van der Waals surface area contributed by atoms with Crippen LogP contribution in [0, 0.1) is 0 Å². The minimum Gasteiger partial charge on any atom is -0.455 e. The van der Waals surface area contributed by atoms with Gasteiger partial charge in [0.15, 0.2) is 0 Å². The van der Waals surface area contributed by atoms with Gasteiger partial charge in [-0.2, -0.15) is 0 Å². The third-order valence-electron chi connectivity index (χ3n) is 13.5. The molecule has 11 rings (SSSR count). The summed E-state index contributed by atoms with van der Waals surface area (Å²) in [5.74, 6) is 0. The molecule has 0 unspecified atom stereocenters. The first kappa shape index (κ1) is 33.9. The molecule has 1 aliphatic rings. The van der Waals surface area contributed by atoms with Crippen molar-refractivity contribution < 1.29 is 4.42 Å². The van der Waals surface area contributed by atoms with E-state index in [1.54, 1.807) is 0 Å². The van der Waals surface area contributed by atoms with Gasteiger partial charge in [-0.15, -0.1) is 16.4 Å².